The Kier molecular flexibility index (Phi) is 3.28. The predicted molar refractivity (Wildman–Crippen MR) is 57.4 cm³/mol. The maximum Gasteiger partial charge on any atom is 0.251 e. The molecule has 5 nitrogen and oxygen atoms in total. The molecule has 0 unspecified atom stereocenters. The van der Waals surface area contributed by atoms with Crippen LogP contribution in [0.3, 0.4) is 0 Å². The normalized spacial score (nSPS) is 9.67. The van der Waals surface area contributed by atoms with E-state index >= 15 is 0 Å². The second-order valence-corrected chi connectivity index (χ2v) is 3.03. The lowest BCUT2D eigenvalue weighted by molar-refractivity contribution is 0.0953. The number of rotatable bonds is 3. The Labute approximate surface area is 87.4 Å². The summed E-state index contributed by atoms with van der Waals surface area (Å²) >= 11 is 0. The highest BCUT2D eigenvalue weighted by Gasteiger charge is 2.09. The van der Waals surface area contributed by atoms with Crippen LogP contribution in [0.2, 0.25) is 0 Å². The quantitative estimate of drug-likeness (QED) is 0.614. The molecule has 0 atom stereocenters. The van der Waals surface area contributed by atoms with E-state index < -0.39 is 5.91 Å². The number of hydrogen-bond acceptors (Lipinski definition) is 3. The van der Waals surface area contributed by atoms with Crippen molar-refractivity contribution in [2.75, 3.05) is 12.3 Å². The van der Waals surface area contributed by atoms with Crippen molar-refractivity contribution in [1.82, 2.24) is 5.32 Å². The monoisotopic (exact) mass is 207 g/mol. The average Bonchev–Trinajstić information content (AvgIpc) is 2.17. The molecule has 1 rings (SSSR count). The molecule has 0 radical (unpaired) electrons. The van der Waals surface area contributed by atoms with Crippen molar-refractivity contribution < 1.29 is 9.59 Å². The lowest BCUT2D eigenvalue weighted by Gasteiger charge is -2.05. The zero-order chi connectivity index (χ0) is 11.4. The Hall–Kier alpha value is -2.04. The molecule has 0 bridgehead atoms. The summed E-state index contributed by atoms with van der Waals surface area (Å²) in [6, 6.07) is 4.40. The largest absolute Gasteiger partial charge is 0.398 e. The summed E-state index contributed by atoms with van der Waals surface area (Å²) in [5, 5.41) is 2.63. The van der Waals surface area contributed by atoms with Gasteiger partial charge in [-0.1, -0.05) is 0 Å². The number of benzene rings is 1. The number of nitrogens with two attached hydrogens (primary N) is 2. The van der Waals surface area contributed by atoms with Gasteiger partial charge in [0.1, 0.15) is 0 Å². The van der Waals surface area contributed by atoms with E-state index in [1.165, 1.54) is 18.2 Å². The van der Waals surface area contributed by atoms with Crippen LogP contribution in [0.4, 0.5) is 5.69 Å². The molecule has 0 aliphatic carbocycles. The van der Waals surface area contributed by atoms with Crippen molar-refractivity contribution in [1.29, 1.82) is 0 Å². The second kappa shape index (κ2) is 4.45. The highest BCUT2D eigenvalue weighted by Crippen LogP contribution is 2.13. The first-order valence-electron chi connectivity index (χ1n) is 4.53. The van der Waals surface area contributed by atoms with Crippen LogP contribution in [0.1, 0.15) is 27.6 Å². The van der Waals surface area contributed by atoms with Gasteiger partial charge in [-0.3, -0.25) is 9.59 Å². The third-order valence-electron chi connectivity index (χ3n) is 1.92. The summed E-state index contributed by atoms with van der Waals surface area (Å²) in [6.45, 7) is 2.36. The number of primary amides is 1. The first-order valence-corrected chi connectivity index (χ1v) is 4.53. The molecule has 5 heteroatoms. The van der Waals surface area contributed by atoms with E-state index in [-0.39, 0.29) is 17.2 Å². The van der Waals surface area contributed by atoms with Gasteiger partial charge in [-0.2, -0.15) is 0 Å². The van der Waals surface area contributed by atoms with Crippen molar-refractivity contribution in [3.05, 3.63) is 29.3 Å². The maximum atomic E-state index is 11.4. The molecular formula is C10H13N3O2. The molecule has 0 saturated heterocycles. The van der Waals surface area contributed by atoms with Crippen LogP contribution in [0.5, 0.6) is 0 Å². The van der Waals surface area contributed by atoms with Gasteiger partial charge in [0.25, 0.3) is 11.8 Å². The van der Waals surface area contributed by atoms with Gasteiger partial charge in [-0.25, -0.2) is 0 Å². The first-order chi connectivity index (χ1) is 7.06. The fourth-order valence-corrected chi connectivity index (χ4v) is 1.19. The molecule has 0 aliphatic rings. The summed E-state index contributed by atoms with van der Waals surface area (Å²) in [5.74, 6) is -0.824. The molecule has 0 spiro atoms. The van der Waals surface area contributed by atoms with Gasteiger partial charge in [-0.15, -0.1) is 0 Å². The first kappa shape index (κ1) is 11.0. The SMILES string of the molecule is CCNC(=O)c1ccc(C(N)=O)c(N)c1. The summed E-state index contributed by atoms with van der Waals surface area (Å²) in [6.07, 6.45) is 0. The van der Waals surface area contributed by atoms with Crippen LogP contribution in [0, 0.1) is 0 Å². The number of nitrogen functional groups attached to an aromatic ring is 1. The van der Waals surface area contributed by atoms with Crippen molar-refractivity contribution >= 4 is 17.5 Å². The van der Waals surface area contributed by atoms with E-state index in [9.17, 15) is 9.59 Å². The Balaban J connectivity index is 3.01. The van der Waals surface area contributed by atoms with Gasteiger partial charge in [0.05, 0.1) is 5.56 Å². The van der Waals surface area contributed by atoms with Crippen LogP contribution in [-0.2, 0) is 0 Å². The topological polar surface area (TPSA) is 98.2 Å². The van der Waals surface area contributed by atoms with Crippen LogP contribution in [0.25, 0.3) is 0 Å². The van der Waals surface area contributed by atoms with Crippen LogP contribution in [0.15, 0.2) is 18.2 Å². The molecule has 1 aromatic carbocycles. The average molecular weight is 207 g/mol. The van der Waals surface area contributed by atoms with Crippen LogP contribution >= 0.6 is 0 Å². The number of hydrogen-bond donors (Lipinski definition) is 3. The standard InChI is InChI=1S/C10H13N3O2/c1-2-13-10(15)6-3-4-7(9(12)14)8(11)5-6/h3-5H,2,11H2,1H3,(H2,12,14)(H,13,15). The Morgan fingerprint density at radius 3 is 2.53 bits per heavy atom. The summed E-state index contributed by atoms with van der Waals surface area (Å²) in [5.41, 5.74) is 11.5. The van der Waals surface area contributed by atoms with E-state index in [2.05, 4.69) is 5.32 Å². The molecule has 80 valence electrons. The minimum absolute atomic E-state index is 0.214. The predicted octanol–water partition coefficient (Wildman–Crippen LogP) is 0.117. The lowest BCUT2D eigenvalue weighted by atomic mass is 10.1. The van der Waals surface area contributed by atoms with Crippen LogP contribution < -0.4 is 16.8 Å². The van der Waals surface area contributed by atoms with Gasteiger partial charge in [0, 0.05) is 17.8 Å². The Morgan fingerprint density at radius 2 is 2.07 bits per heavy atom. The molecule has 1 aromatic rings. The third kappa shape index (κ3) is 2.46. The van der Waals surface area contributed by atoms with Gasteiger partial charge in [0.2, 0.25) is 0 Å². The number of carbonyl (C=O) groups is 2. The second-order valence-electron chi connectivity index (χ2n) is 3.03. The van der Waals surface area contributed by atoms with Gasteiger partial charge >= 0.3 is 0 Å². The lowest BCUT2D eigenvalue weighted by Crippen LogP contribution is -2.23. The fourth-order valence-electron chi connectivity index (χ4n) is 1.19. The number of anilines is 1. The molecule has 5 N–H and O–H groups in total. The molecule has 2 amide bonds. The van der Waals surface area contributed by atoms with Gasteiger partial charge < -0.3 is 16.8 Å². The molecule has 0 saturated carbocycles. The minimum atomic E-state index is -0.602. The molecule has 15 heavy (non-hydrogen) atoms. The van der Waals surface area contributed by atoms with Crippen molar-refractivity contribution in [3.63, 3.8) is 0 Å². The number of carbonyl (C=O) groups excluding carboxylic acids is 2. The van der Waals surface area contributed by atoms with E-state index in [4.69, 9.17) is 11.5 Å². The van der Waals surface area contributed by atoms with Crippen LogP contribution in [-0.4, -0.2) is 18.4 Å². The highest BCUT2D eigenvalue weighted by atomic mass is 16.2. The zero-order valence-electron chi connectivity index (χ0n) is 8.41. The molecule has 0 aliphatic heterocycles. The summed E-state index contributed by atoms with van der Waals surface area (Å²) < 4.78 is 0. The Morgan fingerprint density at radius 1 is 1.40 bits per heavy atom. The van der Waals surface area contributed by atoms with E-state index in [1.54, 1.807) is 0 Å². The summed E-state index contributed by atoms with van der Waals surface area (Å²) in [4.78, 5) is 22.3. The zero-order valence-corrected chi connectivity index (χ0v) is 8.41. The molecule has 0 heterocycles. The number of amides is 2. The van der Waals surface area contributed by atoms with Crippen molar-refractivity contribution in [2.45, 2.75) is 6.92 Å². The third-order valence-corrected chi connectivity index (χ3v) is 1.92. The number of nitrogens with one attached hydrogen (secondary N) is 1. The van der Waals surface area contributed by atoms with E-state index in [0.29, 0.717) is 12.1 Å². The molecular weight excluding hydrogens is 194 g/mol. The highest BCUT2D eigenvalue weighted by molar-refractivity contribution is 6.01. The van der Waals surface area contributed by atoms with E-state index in [0.717, 1.165) is 0 Å². The smallest absolute Gasteiger partial charge is 0.251 e. The fraction of sp³-hybridized carbons (Fsp3) is 0.200. The van der Waals surface area contributed by atoms with Gasteiger partial charge in [-0.05, 0) is 25.1 Å². The van der Waals surface area contributed by atoms with Gasteiger partial charge in [0.15, 0.2) is 0 Å². The van der Waals surface area contributed by atoms with E-state index in [1.807, 2.05) is 6.92 Å². The molecule has 0 aromatic heterocycles. The van der Waals surface area contributed by atoms with Crippen molar-refractivity contribution in [2.24, 2.45) is 5.73 Å². The maximum absolute atomic E-state index is 11.4. The van der Waals surface area contributed by atoms with Crippen molar-refractivity contribution in [3.8, 4) is 0 Å². The molecule has 0 fully saturated rings. The minimum Gasteiger partial charge on any atom is -0.398 e. The Bertz CT molecular complexity index is 402. The summed E-state index contributed by atoms with van der Waals surface area (Å²) in [7, 11) is 0.